The molecule has 0 saturated carbocycles. The molecule has 1 aromatic heterocycles. The van der Waals surface area contributed by atoms with Crippen LogP contribution in [0.4, 0.5) is 5.69 Å². The molecular formula is C23H24N4O4. The Morgan fingerprint density at radius 2 is 1.77 bits per heavy atom. The number of methoxy groups -OCH3 is 1. The van der Waals surface area contributed by atoms with Crippen molar-refractivity contribution in [2.24, 2.45) is 5.92 Å². The lowest BCUT2D eigenvalue weighted by atomic mass is 9.95. The quantitative estimate of drug-likeness (QED) is 0.659. The Bertz CT molecular complexity index is 1170. The Kier molecular flexibility index (Phi) is 5.97. The van der Waals surface area contributed by atoms with Gasteiger partial charge in [-0.05, 0) is 31.0 Å². The Morgan fingerprint density at radius 1 is 1.10 bits per heavy atom. The van der Waals surface area contributed by atoms with Crippen LogP contribution in [0.2, 0.25) is 0 Å². The summed E-state index contributed by atoms with van der Waals surface area (Å²) >= 11 is 0. The third-order valence-corrected chi connectivity index (χ3v) is 5.68. The second-order valence-corrected chi connectivity index (χ2v) is 7.57. The number of fused-ring (bicyclic) bond motifs is 1. The molecule has 1 aliphatic heterocycles. The predicted octanol–water partition coefficient (Wildman–Crippen LogP) is 2.35. The highest BCUT2D eigenvalue weighted by Gasteiger charge is 2.28. The van der Waals surface area contributed by atoms with Crippen molar-refractivity contribution < 1.29 is 14.3 Å². The van der Waals surface area contributed by atoms with Crippen LogP contribution in [-0.2, 0) is 16.0 Å². The second-order valence-electron chi connectivity index (χ2n) is 7.57. The van der Waals surface area contributed by atoms with E-state index in [0.717, 1.165) is 0 Å². The molecule has 2 N–H and O–H groups in total. The molecule has 3 aromatic rings. The standard InChI is InChI=1S/C23H24N4O4/c1-31-20-9-5-4-8-18(20)24-22(29)15-10-12-27(13-11-15)21(28)14-19-16-6-2-3-7-17(16)23(30)26-25-19/h2-9,15H,10-14H2,1H3,(H,24,29)(H,26,30). The average molecular weight is 420 g/mol. The maximum Gasteiger partial charge on any atom is 0.272 e. The number of aromatic nitrogens is 2. The summed E-state index contributed by atoms with van der Waals surface area (Å²) in [7, 11) is 1.57. The number of para-hydroxylation sites is 2. The van der Waals surface area contributed by atoms with Crippen LogP contribution in [0.3, 0.4) is 0 Å². The van der Waals surface area contributed by atoms with E-state index in [1.54, 1.807) is 42.3 Å². The van der Waals surface area contributed by atoms with Crippen molar-refractivity contribution in [3.8, 4) is 5.75 Å². The summed E-state index contributed by atoms with van der Waals surface area (Å²) in [5.41, 5.74) is 0.925. The number of benzene rings is 2. The molecule has 2 heterocycles. The van der Waals surface area contributed by atoms with E-state index in [0.29, 0.717) is 53.8 Å². The number of likely N-dealkylation sites (tertiary alicyclic amines) is 1. The van der Waals surface area contributed by atoms with Crippen molar-refractivity contribution in [3.05, 3.63) is 64.6 Å². The number of carbonyl (C=O) groups is 2. The smallest absolute Gasteiger partial charge is 0.272 e. The Morgan fingerprint density at radius 3 is 2.52 bits per heavy atom. The minimum Gasteiger partial charge on any atom is -0.495 e. The van der Waals surface area contributed by atoms with Crippen LogP contribution in [0.25, 0.3) is 10.8 Å². The first-order valence-electron chi connectivity index (χ1n) is 10.2. The molecule has 8 heteroatoms. The number of nitrogens with zero attached hydrogens (tertiary/aromatic N) is 2. The summed E-state index contributed by atoms with van der Waals surface area (Å²) in [5.74, 6) is 0.322. The van der Waals surface area contributed by atoms with Gasteiger partial charge in [-0.2, -0.15) is 5.10 Å². The van der Waals surface area contributed by atoms with E-state index in [9.17, 15) is 14.4 Å². The van der Waals surface area contributed by atoms with E-state index in [1.807, 2.05) is 18.2 Å². The summed E-state index contributed by atoms with van der Waals surface area (Å²) in [6.45, 7) is 1.01. The van der Waals surface area contributed by atoms with Gasteiger partial charge in [-0.3, -0.25) is 14.4 Å². The van der Waals surface area contributed by atoms with Crippen LogP contribution < -0.4 is 15.6 Å². The number of aromatic amines is 1. The first-order chi connectivity index (χ1) is 15.1. The molecule has 160 valence electrons. The van der Waals surface area contributed by atoms with E-state index >= 15 is 0 Å². The lowest BCUT2D eigenvalue weighted by molar-refractivity contribution is -0.133. The van der Waals surface area contributed by atoms with Crippen LogP contribution in [-0.4, -0.2) is 47.1 Å². The van der Waals surface area contributed by atoms with Gasteiger partial charge in [0.2, 0.25) is 11.8 Å². The SMILES string of the molecule is COc1ccccc1NC(=O)C1CCN(C(=O)Cc2n[nH]c(=O)c3ccccc23)CC1. The van der Waals surface area contributed by atoms with Gasteiger partial charge in [0.05, 0.1) is 30.3 Å². The van der Waals surface area contributed by atoms with Crippen molar-refractivity contribution in [3.63, 3.8) is 0 Å². The first-order valence-corrected chi connectivity index (χ1v) is 10.2. The van der Waals surface area contributed by atoms with Gasteiger partial charge in [-0.15, -0.1) is 0 Å². The highest BCUT2D eigenvalue weighted by Crippen LogP contribution is 2.26. The molecule has 1 fully saturated rings. The van der Waals surface area contributed by atoms with E-state index in [1.165, 1.54) is 0 Å². The third-order valence-electron chi connectivity index (χ3n) is 5.68. The number of anilines is 1. The number of rotatable bonds is 5. The third kappa shape index (κ3) is 4.42. The van der Waals surface area contributed by atoms with Crippen molar-refractivity contribution in [2.45, 2.75) is 19.3 Å². The molecule has 0 radical (unpaired) electrons. The number of nitrogens with one attached hydrogen (secondary N) is 2. The first kappa shape index (κ1) is 20.6. The zero-order valence-electron chi connectivity index (χ0n) is 17.3. The normalized spacial score (nSPS) is 14.4. The van der Waals surface area contributed by atoms with Crippen LogP contribution in [0.1, 0.15) is 18.5 Å². The number of amides is 2. The summed E-state index contributed by atoms with van der Waals surface area (Å²) in [4.78, 5) is 39.2. The van der Waals surface area contributed by atoms with Crippen molar-refractivity contribution in [1.82, 2.24) is 15.1 Å². The molecule has 4 rings (SSSR count). The van der Waals surface area contributed by atoms with E-state index in [-0.39, 0.29) is 29.7 Å². The molecule has 0 atom stereocenters. The summed E-state index contributed by atoms with van der Waals surface area (Å²) in [6.07, 6.45) is 1.29. The lowest BCUT2D eigenvalue weighted by Gasteiger charge is -2.31. The highest BCUT2D eigenvalue weighted by molar-refractivity contribution is 5.94. The molecule has 1 aliphatic rings. The topological polar surface area (TPSA) is 104 Å². The molecular weight excluding hydrogens is 396 g/mol. The average Bonchev–Trinajstić information content (AvgIpc) is 2.81. The summed E-state index contributed by atoms with van der Waals surface area (Å²) < 4.78 is 5.28. The fraction of sp³-hybridized carbons (Fsp3) is 0.304. The number of H-pyrrole nitrogens is 1. The van der Waals surface area contributed by atoms with Crippen molar-refractivity contribution in [2.75, 3.05) is 25.5 Å². The lowest BCUT2D eigenvalue weighted by Crippen LogP contribution is -2.42. The monoisotopic (exact) mass is 420 g/mol. The van der Waals surface area contributed by atoms with Gasteiger partial charge >= 0.3 is 0 Å². The molecule has 0 aliphatic carbocycles. The van der Waals surface area contributed by atoms with Crippen LogP contribution in [0.5, 0.6) is 5.75 Å². The predicted molar refractivity (Wildman–Crippen MR) is 117 cm³/mol. The summed E-state index contributed by atoms with van der Waals surface area (Å²) in [6, 6.07) is 14.4. The fourth-order valence-corrected chi connectivity index (χ4v) is 3.94. The molecule has 0 bridgehead atoms. The molecule has 8 nitrogen and oxygen atoms in total. The molecule has 0 unspecified atom stereocenters. The van der Waals surface area contributed by atoms with Gasteiger partial charge in [0, 0.05) is 24.4 Å². The Hall–Kier alpha value is -3.68. The number of hydrogen-bond acceptors (Lipinski definition) is 5. The Balaban J connectivity index is 1.37. The maximum atomic E-state index is 12.8. The molecule has 2 aromatic carbocycles. The van der Waals surface area contributed by atoms with Gasteiger partial charge in [-0.1, -0.05) is 30.3 Å². The summed E-state index contributed by atoms with van der Waals surface area (Å²) in [5, 5.41) is 10.7. The number of carbonyl (C=O) groups excluding carboxylic acids is 2. The van der Waals surface area contributed by atoms with Crippen LogP contribution >= 0.6 is 0 Å². The van der Waals surface area contributed by atoms with Gasteiger partial charge in [-0.25, -0.2) is 5.10 Å². The van der Waals surface area contributed by atoms with E-state index in [4.69, 9.17) is 4.74 Å². The number of hydrogen-bond donors (Lipinski definition) is 2. The van der Waals surface area contributed by atoms with Crippen molar-refractivity contribution in [1.29, 1.82) is 0 Å². The number of piperidine rings is 1. The largest absolute Gasteiger partial charge is 0.495 e. The van der Waals surface area contributed by atoms with E-state index in [2.05, 4.69) is 15.5 Å². The van der Waals surface area contributed by atoms with Crippen LogP contribution in [0.15, 0.2) is 53.3 Å². The zero-order valence-corrected chi connectivity index (χ0v) is 17.3. The van der Waals surface area contributed by atoms with Gasteiger partial charge < -0.3 is 15.0 Å². The van der Waals surface area contributed by atoms with Crippen molar-refractivity contribution >= 4 is 28.3 Å². The van der Waals surface area contributed by atoms with Gasteiger partial charge in [0.25, 0.3) is 5.56 Å². The minimum absolute atomic E-state index is 0.0618. The molecule has 31 heavy (non-hydrogen) atoms. The number of ether oxygens (including phenoxy) is 1. The zero-order chi connectivity index (χ0) is 21.8. The Labute approximate surface area is 179 Å². The maximum absolute atomic E-state index is 12.8. The second kappa shape index (κ2) is 8.99. The molecule has 1 saturated heterocycles. The fourth-order valence-electron chi connectivity index (χ4n) is 3.94. The molecule has 2 amide bonds. The minimum atomic E-state index is -0.270. The van der Waals surface area contributed by atoms with E-state index < -0.39 is 0 Å². The van der Waals surface area contributed by atoms with Crippen LogP contribution in [0, 0.1) is 5.92 Å². The van der Waals surface area contributed by atoms with Gasteiger partial charge in [0.1, 0.15) is 5.75 Å². The van der Waals surface area contributed by atoms with Gasteiger partial charge in [0.15, 0.2) is 0 Å². The molecule has 0 spiro atoms. The highest BCUT2D eigenvalue weighted by atomic mass is 16.5.